The third-order valence-electron chi connectivity index (χ3n) is 2.39. The molecule has 5 nitrogen and oxygen atoms in total. The topological polar surface area (TPSA) is 61.8 Å². The summed E-state index contributed by atoms with van der Waals surface area (Å²) in [5, 5.41) is 0. The summed E-state index contributed by atoms with van der Waals surface area (Å²) in [7, 11) is 2.73. The third-order valence-corrected chi connectivity index (χ3v) is 3.08. The minimum atomic E-state index is -0.695. The molecule has 0 radical (unpaired) electrons. The summed E-state index contributed by atoms with van der Waals surface area (Å²) >= 11 is 3.28. The molecule has 0 heterocycles. The predicted molar refractivity (Wildman–Crippen MR) is 76.7 cm³/mol. The smallest absolute Gasteiger partial charge is 0.373 e. The maximum Gasteiger partial charge on any atom is 0.373 e. The molecule has 0 bridgehead atoms. The number of benzene rings is 1. The van der Waals surface area contributed by atoms with E-state index < -0.39 is 5.97 Å². The van der Waals surface area contributed by atoms with Gasteiger partial charge in [-0.3, -0.25) is 4.79 Å². The van der Waals surface area contributed by atoms with Crippen LogP contribution in [0, 0.1) is 0 Å². The number of allylic oxidation sites excluding steroid dienone is 1. The standard InChI is InChI=1S/C14H15BrO5/c1-4-20-13(14(17)19-3)8-12(16)10-7-9(18-2)5-6-11(10)15/h5-8H,4H2,1-3H3/b13-8-. The van der Waals surface area contributed by atoms with E-state index in [9.17, 15) is 9.59 Å². The van der Waals surface area contributed by atoms with Crippen molar-refractivity contribution in [2.24, 2.45) is 0 Å². The molecule has 0 N–H and O–H groups in total. The van der Waals surface area contributed by atoms with Crippen LogP contribution in [0.5, 0.6) is 5.75 Å². The maximum absolute atomic E-state index is 12.2. The number of carbonyl (C=O) groups excluding carboxylic acids is 2. The van der Waals surface area contributed by atoms with Crippen molar-refractivity contribution < 1.29 is 23.8 Å². The molecule has 20 heavy (non-hydrogen) atoms. The van der Waals surface area contributed by atoms with Gasteiger partial charge in [-0.2, -0.15) is 0 Å². The molecule has 0 saturated carbocycles. The third kappa shape index (κ3) is 4.09. The second-order valence-electron chi connectivity index (χ2n) is 3.64. The summed E-state index contributed by atoms with van der Waals surface area (Å²) in [6, 6.07) is 4.98. The van der Waals surface area contributed by atoms with Crippen LogP contribution >= 0.6 is 15.9 Å². The average Bonchev–Trinajstić information content (AvgIpc) is 2.46. The van der Waals surface area contributed by atoms with Crippen molar-refractivity contribution >= 4 is 27.7 Å². The Labute approximate surface area is 125 Å². The predicted octanol–water partition coefficient (Wildman–Crippen LogP) is 2.73. The summed E-state index contributed by atoms with van der Waals surface area (Å²) in [6.45, 7) is 1.97. The van der Waals surface area contributed by atoms with Crippen molar-refractivity contribution in [3.63, 3.8) is 0 Å². The van der Waals surface area contributed by atoms with E-state index in [0.29, 0.717) is 15.8 Å². The Kier molecular flexibility index (Phi) is 6.24. The number of halogens is 1. The highest BCUT2D eigenvalue weighted by atomic mass is 79.9. The van der Waals surface area contributed by atoms with Gasteiger partial charge in [0.25, 0.3) is 0 Å². The van der Waals surface area contributed by atoms with Gasteiger partial charge in [0, 0.05) is 16.1 Å². The van der Waals surface area contributed by atoms with Gasteiger partial charge < -0.3 is 14.2 Å². The molecule has 0 aliphatic carbocycles. The first-order valence-electron chi connectivity index (χ1n) is 5.84. The van der Waals surface area contributed by atoms with Crippen LogP contribution in [0.25, 0.3) is 0 Å². The van der Waals surface area contributed by atoms with E-state index in [0.717, 1.165) is 6.08 Å². The Bertz CT molecular complexity index is 536. The van der Waals surface area contributed by atoms with E-state index in [-0.39, 0.29) is 18.1 Å². The van der Waals surface area contributed by atoms with Gasteiger partial charge in [-0.1, -0.05) is 15.9 Å². The number of rotatable bonds is 6. The lowest BCUT2D eigenvalue weighted by Gasteiger charge is -2.07. The average molecular weight is 343 g/mol. The van der Waals surface area contributed by atoms with E-state index in [1.165, 1.54) is 14.2 Å². The van der Waals surface area contributed by atoms with Crippen molar-refractivity contribution in [3.8, 4) is 5.75 Å². The van der Waals surface area contributed by atoms with Crippen LogP contribution in [0.1, 0.15) is 17.3 Å². The Hall–Kier alpha value is -1.82. The van der Waals surface area contributed by atoms with Crippen LogP contribution in [0.4, 0.5) is 0 Å². The Morgan fingerprint density at radius 2 is 2.00 bits per heavy atom. The molecule has 0 aliphatic rings. The van der Waals surface area contributed by atoms with E-state index in [4.69, 9.17) is 9.47 Å². The quantitative estimate of drug-likeness (QED) is 0.344. The number of carbonyl (C=O) groups is 2. The van der Waals surface area contributed by atoms with E-state index in [1.54, 1.807) is 25.1 Å². The second kappa shape index (κ2) is 7.69. The molecule has 0 aliphatic heterocycles. The van der Waals surface area contributed by atoms with Crippen molar-refractivity contribution in [3.05, 3.63) is 40.1 Å². The van der Waals surface area contributed by atoms with E-state index in [2.05, 4.69) is 20.7 Å². The first-order valence-corrected chi connectivity index (χ1v) is 6.63. The first kappa shape index (κ1) is 16.2. The van der Waals surface area contributed by atoms with Crippen LogP contribution in [-0.2, 0) is 14.3 Å². The molecule has 0 fully saturated rings. The van der Waals surface area contributed by atoms with Crippen LogP contribution in [0.15, 0.2) is 34.5 Å². The molecule has 0 atom stereocenters. The molecule has 6 heteroatoms. The Balaban J connectivity index is 3.12. The molecular weight excluding hydrogens is 328 g/mol. The SMILES string of the molecule is CCO/C(=C\C(=O)c1cc(OC)ccc1Br)C(=O)OC. The van der Waals surface area contributed by atoms with Gasteiger partial charge in [-0.25, -0.2) is 4.79 Å². The number of hydrogen-bond donors (Lipinski definition) is 0. The van der Waals surface area contributed by atoms with Gasteiger partial charge in [-0.05, 0) is 25.1 Å². The van der Waals surface area contributed by atoms with Crippen molar-refractivity contribution in [1.29, 1.82) is 0 Å². The zero-order chi connectivity index (χ0) is 15.1. The molecule has 0 spiro atoms. The zero-order valence-electron chi connectivity index (χ0n) is 11.4. The minimum Gasteiger partial charge on any atom is -0.497 e. The molecule has 108 valence electrons. The van der Waals surface area contributed by atoms with Gasteiger partial charge in [0.1, 0.15) is 5.75 Å². The van der Waals surface area contributed by atoms with Crippen LogP contribution in [-0.4, -0.2) is 32.6 Å². The first-order chi connectivity index (χ1) is 9.53. The fourth-order valence-electron chi connectivity index (χ4n) is 1.43. The monoisotopic (exact) mass is 342 g/mol. The largest absolute Gasteiger partial charge is 0.497 e. The number of ketones is 1. The summed E-state index contributed by atoms with van der Waals surface area (Å²) in [6.07, 6.45) is 1.11. The van der Waals surface area contributed by atoms with Crippen molar-refractivity contribution in [2.75, 3.05) is 20.8 Å². The van der Waals surface area contributed by atoms with Gasteiger partial charge >= 0.3 is 5.97 Å². The van der Waals surface area contributed by atoms with E-state index >= 15 is 0 Å². The van der Waals surface area contributed by atoms with Gasteiger partial charge in [0.15, 0.2) is 5.78 Å². The molecule has 1 aromatic carbocycles. The highest BCUT2D eigenvalue weighted by Crippen LogP contribution is 2.23. The zero-order valence-corrected chi connectivity index (χ0v) is 13.0. The number of methoxy groups -OCH3 is 2. The molecule has 0 aromatic heterocycles. The molecule has 0 amide bonds. The van der Waals surface area contributed by atoms with Gasteiger partial charge in [0.2, 0.25) is 5.76 Å². The number of esters is 1. The molecule has 0 saturated heterocycles. The molecular formula is C14H15BrO5. The van der Waals surface area contributed by atoms with Gasteiger partial charge in [-0.15, -0.1) is 0 Å². The molecule has 1 aromatic rings. The lowest BCUT2D eigenvalue weighted by Crippen LogP contribution is -2.11. The second-order valence-corrected chi connectivity index (χ2v) is 4.50. The number of hydrogen-bond acceptors (Lipinski definition) is 5. The fourth-order valence-corrected chi connectivity index (χ4v) is 1.87. The minimum absolute atomic E-state index is 0.130. The van der Waals surface area contributed by atoms with E-state index in [1.807, 2.05) is 0 Å². The fraction of sp³-hybridized carbons (Fsp3) is 0.286. The summed E-state index contributed by atoms with van der Waals surface area (Å²) in [5.74, 6) is -0.667. The molecule has 0 unspecified atom stereocenters. The summed E-state index contributed by atoms with van der Waals surface area (Å²) in [4.78, 5) is 23.7. The lowest BCUT2D eigenvalue weighted by atomic mass is 10.1. The highest BCUT2D eigenvalue weighted by molar-refractivity contribution is 9.10. The summed E-state index contributed by atoms with van der Waals surface area (Å²) < 4.78 is 15.3. The van der Waals surface area contributed by atoms with Crippen molar-refractivity contribution in [1.82, 2.24) is 0 Å². The molecule has 1 rings (SSSR count). The Morgan fingerprint density at radius 3 is 2.55 bits per heavy atom. The van der Waals surface area contributed by atoms with Gasteiger partial charge in [0.05, 0.1) is 20.8 Å². The maximum atomic E-state index is 12.2. The summed E-state index contributed by atoms with van der Waals surface area (Å²) in [5.41, 5.74) is 0.366. The van der Waals surface area contributed by atoms with Crippen LogP contribution in [0.3, 0.4) is 0 Å². The number of ether oxygens (including phenoxy) is 3. The highest BCUT2D eigenvalue weighted by Gasteiger charge is 2.16. The lowest BCUT2D eigenvalue weighted by molar-refractivity contribution is -0.140. The van der Waals surface area contributed by atoms with Crippen molar-refractivity contribution in [2.45, 2.75) is 6.92 Å². The Morgan fingerprint density at radius 1 is 1.30 bits per heavy atom. The van der Waals surface area contributed by atoms with Crippen LogP contribution < -0.4 is 4.74 Å². The normalized spacial score (nSPS) is 10.9. The van der Waals surface area contributed by atoms with Crippen LogP contribution in [0.2, 0.25) is 0 Å².